The van der Waals surface area contributed by atoms with Gasteiger partial charge in [0.15, 0.2) is 0 Å². The van der Waals surface area contributed by atoms with Gasteiger partial charge in [-0.2, -0.15) is 0 Å². The van der Waals surface area contributed by atoms with Gasteiger partial charge in [0.2, 0.25) is 0 Å². The molecule has 2 aromatic rings. The van der Waals surface area contributed by atoms with Crippen molar-refractivity contribution in [3.8, 4) is 0 Å². The Labute approximate surface area is 149 Å². The molecule has 0 spiro atoms. The molecule has 1 atom stereocenters. The molecule has 3 rings (SSSR count). The van der Waals surface area contributed by atoms with Gasteiger partial charge in [-0.1, -0.05) is 41.5 Å². The Morgan fingerprint density at radius 3 is 2.64 bits per heavy atom. The molecule has 1 amide bonds. The van der Waals surface area contributed by atoms with Gasteiger partial charge in [-0.15, -0.1) is 0 Å². The number of carbonyl (C=O) groups is 1. The van der Waals surface area contributed by atoms with Crippen LogP contribution in [0.25, 0.3) is 0 Å². The molecule has 1 fully saturated rings. The lowest BCUT2D eigenvalue weighted by atomic mass is 10.1. The first kappa shape index (κ1) is 17.5. The minimum Gasteiger partial charge on any atom is -0.391 e. The molecule has 1 aliphatic heterocycles. The quantitative estimate of drug-likeness (QED) is 0.897. The van der Waals surface area contributed by atoms with E-state index in [4.69, 9.17) is 0 Å². The lowest BCUT2D eigenvalue weighted by molar-refractivity contribution is 0.0474. The van der Waals surface area contributed by atoms with Crippen LogP contribution < -0.4 is 5.32 Å². The molecule has 25 heavy (non-hydrogen) atoms. The van der Waals surface area contributed by atoms with Crippen molar-refractivity contribution in [2.75, 3.05) is 18.4 Å². The first-order valence-electron chi connectivity index (χ1n) is 8.90. The standard InChI is InChI=1S/C21H26N2O2/c1-15-10-16(2)12-17(11-15)13-22-20-8-4-3-7-19(20)21(25)23-9-5-6-18(24)14-23/h3-4,7-8,10-12,18,22,24H,5-6,9,13-14H2,1-2H3. The molecule has 1 aliphatic rings. The number of aliphatic hydroxyl groups is 1. The average molecular weight is 338 g/mol. The van der Waals surface area contributed by atoms with E-state index in [9.17, 15) is 9.90 Å². The van der Waals surface area contributed by atoms with Gasteiger partial charge in [0.1, 0.15) is 0 Å². The Morgan fingerprint density at radius 1 is 1.20 bits per heavy atom. The highest BCUT2D eigenvalue weighted by Gasteiger charge is 2.24. The van der Waals surface area contributed by atoms with Crippen LogP contribution in [0.2, 0.25) is 0 Å². The SMILES string of the molecule is Cc1cc(C)cc(CNc2ccccc2C(=O)N2CCCC(O)C2)c1. The monoisotopic (exact) mass is 338 g/mol. The van der Waals surface area contributed by atoms with Crippen molar-refractivity contribution in [3.63, 3.8) is 0 Å². The summed E-state index contributed by atoms with van der Waals surface area (Å²) in [4.78, 5) is 14.6. The zero-order valence-electron chi connectivity index (χ0n) is 15.0. The summed E-state index contributed by atoms with van der Waals surface area (Å²) in [6.45, 7) is 5.99. The second-order valence-corrected chi connectivity index (χ2v) is 6.94. The normalized spacial score (nSPS) is 17.4. The van der Waals surface area contributed by atoms with Crippen molar-refractivity contribution in [3.05, 3.63) is 64.7 Å². The number of amides is 1. The second kappa shape index (κ2) is 7.70. The Hall–Kier alpha value is -2.33. The van der Waals surface area contributed by atoms with E-state index < -0.39 is 6.10 Å². The zero-order chi connectivity index (χ0) is 17.8. The molecule has 2 N–H and O–H groups in total. The first-order valence-corrected chi connectivity index (χ1v) is 8.90. The van der Waals surface area contributed by atoms with Gasteiger partial charge >= 0.3 is 0 Å². The molecule has 0 bridgehead atoms. The van der Waals surface area contributed by atoms with E-state index in [0.29, 0.717) is 25.2 Å². The molecule has 1 unspecified atom stereocenters. The topological polar surface area (TPSA) is 52.6 Å². The fourth-order valence-corrected chi connectivity index (χ4v) is 3.50. The molecule has 0 aromatic heterocycles. The molecule has 0 radical (unpaired) electrons. The lowest BCUT2D eigenvalue weighted by Gasteiger charge is -2.30. The molecule has 1 heterocycles. The average Bonchev–Trinajstić information content (AvgIpc) is 2.59. The molecule has 4 nitrogen and oxygen atoms in total. The Morgan fingerprint density at radius 2 is 1.92 bits per heavy atom. The summed E-state index contributed by atoms with van der Waals surface area (Å²) >= 11 is 0. The summed E-state index contributed by atoms with van der Waals surface area (Å²) in [5, 5.41) is 13.2. The van der Waals surface area contributed by atoms with Crippen LogP contribution in [-0.4, -0.2) is 35.1 Å². The third-order valence-corrected chi connectivity index (χ3v) is 4.61. The van der Waals surface area contributed by atoms with E-state index in [0.717, 1.165) is 18.5 Å². The summed E-state index contributed by atoms with van der Waals surface area (Å²) in [6, 6.07) is 14.1. The van der Waals surface area contributed by atoms with Gasteiger partial charge in [-0.05, 0) is 44.4 Å². The van der Waals surface area contributed by atoms with E-state index in [1.54, 1.807) is 4.90 Å². The van der Waals surface area contributed by atoms with Gasteiger partial charge < -0.3 is 15.3 Å². The maximum absolute atomic E-state index is 12.9. The van der Waals surface area contributed by atoms with Crippen molar-refractivity contribution in [2.24, 2.45) is 0 Å². The fraction of sp³-hybridized carbons (Fsp3) is 0.381. The minimum atomic E-state index is -0.409. The number of nitrogens with one attached hydrogen (secondary N) is 1. The summed E-state index contributed by atoms with van der Waals surface area (Å²) < 4.78 is 0. The molecule has 0 saturated carbocycles. The Bertz CT molecular complexity index is 737. The molecule has 0 aliphatic carbocycles. The van der Waals surface area contributed by atoms with Crippen molar-refractivity contribution < 1.29 is 9.90 Å². The van der Waals surface area contributed by atoms with Crippen molar-refractivity contribution >= 4 is 11.6 Å². The van der Waals surface area contributed by atoms with Crippen molar-refractivity contribution in [1.82, 2.24) is 4.90 Å². The van der Waals surface area contributed by atoms with Crippen LogP contribution in [0.15, 0.2) is 42.5 Å². The zero-order valence-corrected chi connectivity index (χ0v) is 15.0. The van der Waals surface area contributed by atoms with Gasteiger partial charge in [0, 0.05) is 25.3 Å². The van der Waals surface area contributed by atoms with E-state index in [1.165, 1.54) is 16.7 Å². The second-order valence-electron chi connectivity index (χ2n) is 6.94. The van der Waals surface area contributed by atoms with Crippen LogP contribution >= 0.6 is 0 Å². The predicted octanol–water partition coefficient (Wildman–Crippen LogP) is 3.51. The number of hydrogen-bond donors (Lipinski definition) is 2. The molecule has 4 heteroatoms. The number of aryl methyl sites for hydroxylation is 2. The Kier molecular flexibility index (Phi) is 5.39. The number of nitrogens with zero attached hydrogens (tertiary/aromatic N) is 1. The lowest BCUT2D eigenvalue weighted by Crippen LogP contribution is -2.42. The highest BCUT2D eigenvalue weighted by atomic mass is 16.3. The number of rotatable bonds is 4. The first-order chi connectivity index (χ1) is 12.0. The summed E-state index contributed by atoms with van der Waals surface area (Å²) in [6.07, 6.45) is 1.22. The number of aliphatic hydroxyl groups excluding tert-OH is 1. The molecular formula is C21H26N2O2. The van der Waals surface area contributed by atoms with Gasteiger partial charge in [-0.25, -0.2) is 0 Å². The third-order valence-electron chi connectivity index (χ3n) is 4.61. The van der Waals surface area contributed by atoms with Crippen LogP contribution in [-0.2, 0) is 6.54 Å². The van der Waals surface area contributed by atoms with E-state index in [-0.39, 0.29) is 5.91 Å². The van der Waals surface area contributed by atoms with Crippen LogP contribution in [0.3, 0.4) is 0 Å². The predicted molar refractivity (Wildman–Crippen MR) is 101 cm³/mol. The molecule has 2 aromatic carbocycles. The summed E-state index contributed by atoms with van der Waals surface area (Å²) in [5.74, 6) is -0.0118. The highest BCUT2D eigenvalue weighted by Crippen LogP contribution is 2.21. The molecule has 132 valence electrons. The van der Waals surface area contributed by atoms with Crippen LogP contribution in [0.4, 0.5) is 5.69 Å². The highest BCUT2D eigenvalue weighted by molar-refractivity contribution is 5.99. The molecule has 1 saturated heterocycles. The van der Waals surface area contributed by atoms with E-state index >= 15 is 0 Å². The Balaban J connectivity index is 1.75. The van der Waals surface area contributed by atoms with Crippen LogP contribution in [0.5, 0.6) is 0 Å². The number of piperidine rings is 1. The number of benzene rings is 2. The van der Waals surface area contributed by atoms with Crippen LogP contribution in [0.1, 0.15) is 39.9 Å². The molecular weight excluding hydrogens is 312 g/mol. The third kappa shape index (κ3) is 4.40. The number of anilines is 1. The van der Waals surface area contributed by atoms with Crippen molar-refractivity contribution in [1.29, 1.82) is 0 Å². The number of para-hydroxylation sites is 1. The number of hydrogen-bond acceptors (Lipinski definition) is 3. The summed E-state index contributed by atoms with van der Waals surface area (Å²) in [5.41, 5.74) is 5.19. The minimum absolute atomic E-state index is 0.0118. The van der Waals surface area contributed by atoms with Crippen molar-refractivity contribution in [2.45, 2.75) is 39.3 Å². The fourth-order valence-electron chi connectivity index (χ4n) is 3.50. The summed E-state index contributed by atoms with van der Waals surface area (Å²) in [7, 11) is 0. The maximum Gasteiger partial charge on any atom is 0.256 e. The number of β-amino-alcohol motifs (C(OH)–C–C–N with tert-alkyl or cyclic N) is 1. The number of carbonyl (C=O) groups excluding carboxylic acids is 1. The van der Waals surface area contributed by atoms with Gasteiger partial charge in [0.25, 0.3) is 5.91 Å². The number of likely N-dealkylation sites (tertiary alicyclic amines) is 1. The van der Waals surface area contributed by atoms with Crippen LogP contribution in [0, 0.1) is 13.8 Å². The van der Waals surface area contributed by atoms with Gasteiger partial charge in [0.05, 0.1) is 11.7 Å². The van der Waals surface area contributed by atoms with E-state index in [2.05, 4.69) is 37.4 Å². The maximum atomic E-state index is 12.9. The van der Waals surface area contributed by atoms with Gasteiger partial charge in [-0.3, -0.25) is 4.79 Å². The smallest absolute Gasteiger partial charge is 0.256 e. The van der Waals surface area contributed by atoms with E-state index in [1.807, 2.05) is 24.3 Å². The largest absolute Gasteiger partial charge is 0.391 e.